The van der Waals surface area contributed by atoms with E-state index in [1.165, 1.54) is 30.5 Å². The Kier molecular flexibility index (Phi) is 3.66. The van der Waals surface area contributed by atoms with E-state index in [0.29, 0.717) is 10.2 Å². The first-order valence-electron chi connectivity index (χ1n) is 4.94. The summed E-state index contributed by atoms with van der Waals surface area (Å²) in [7, 11) is 0. The van der Waals surface area contributed by atoms with Crippen LogP contribution < -0.4 is 5.32 Å². The highest BCUT2D eigenvalue weighted by Crippen LogP contribution is 2.19. The zero-order chi connectivity index (χ0) is 13.1. The Bertz CT molecular complexity index is 587. The van der Waals surface area contributed by atoms with Crippen LogP contribution in [-0.4, -0.2) is 10.9 Å². The van der Waals surface area contributed by atoms with Gasteiger partial charge in [-0.05, 0) is 46.3 Å². The normalized spacial score (nSPS) is 10.2. The fourth-order valence-corrected chi connectivity index (χ4v) is 1.85. The average molecular weight is 313 g/mol. The van der Waals surface area contributed by atoms with Crippen LogP contribution in [0.15, 0.2) is 41.0 Å². The molecule has 3 nitrogen and oxygen atoms in total. The van der Waals surface area contributed by atoms with Crippen molar-refractivity contribution in [1.29, 1.82) is 0 Å². The molecule has 0 atom stereocenters. The second-order valence-corrected chi connectivity index (χ2v) is 4.30. The van der Waals surface area contributed by atoms with E-state index in [1.807, 2.05) is 0 Å². The fourth-order valence-electron chi connectivity index (χ4n) is 1.32. The summed E-state index contributed by atoms with van der Waals surface area (Å²) in [6.45, 7) is 0. The maximum Gasteiger partial charge on any atom is 0.256 e. The van der Waals surface area contributed by atoms with Crippen molar-refractivity contribution in [2.45, 2.75) is 0 Å². The van der Waals surface area contributed by atoms with Crippen molar-refractivity contribution in [1.82, 2.24) is 4.98 Å². The minimum atomic E-state index is -0.629. The first kappa shape index (κ1) is 12.6. The van der Waals surface area contributed by atoms with Crippen molar-refractivity contribution in [2.24, 2.45) is 0 Å². The molecule has 18 heavy (non-hydrogen) atoms. The highest BCUT2D eigenvalue weighted by atomic mass is 79.9. The first-order chi connectivity index (χ1) is 8.56. The monoisotopic (exact) mass is 312 g/mol. The maximum atomic E-state index is 12.9. The second-order valence-electron chi connectivity index (χ2n) is 3.45. The van der Waals surface area contributed by atoms with E-state index in [4.69, 9.17) is 0 Å². The largest absolute Gasteiger partial charge is 0.321 e. The van der Waals surface area contributed by atoms with Gasteiger partial charge in [-0.2, -0.15) is 4.39 Å². The van der Waals surface area contributed by atoms with Crippen molar-refractivity contribution >= 4 is 27.5 Å². The number of carbonyl (C=O) groups excluding carboxylic acids is 1. The number of carbonyl (C=O) groups is 1. The van der Waals surface area contributed by atoms with Gasteiger partial charge in [0.1, 0.15) is 5.82 Å². The van der Waals surface area contributed by atoms with Crippen molar-refractivity contribution < 1.29 is 13.6 Å². The molecular formula is C12H7BrF2N2O. The molecular weight excluding hydrogens is 306 g/mol. The Balaban J connectivity index is 2.19. The first-order valence-corrected chi connectivity index (χ1v) is 5.73. The fraction of sp³-hybridized carbons (Fsp3) is 0. The molecule has 0 saturated heterocycles. The van der Waals surface area contributed by atoms with Gasteiger partial charge in [-0.1, -0.05) is 0 Å². The Morgan fingerprint density at radius 1 is 1.22 bits per heavy atom. The Morgan fingerprint density at radius 2 is 2.00 bits per heavy atom. The molecule has 0 bridgehead atoms. The summed E-state index contributed by atoms with van der Waals surface area (Å²) in [5.74, 6) is -1.51. The van der Waals surface area contributed by atoms with Crippen molar-refractivity contribution in [3.8, 4) is 0 Å². The van der Waals surface area contributed by atoms with Crippen LogP contribution in [0.4, 0.5) is 14.5 Å². The minimum Gasteiger partial charge on any atom is -0.321 e. The zero-order valence-corrected chi connectivity index (χ0v) is 10.5. The number of hydrogen-bond donors (Lipinski definition) is 1. The van der Waals surface area contributed by atoms with Crippen molar-refractivity contribution in [3.63, 3.8) is 0 Å². The number of nitrogens with zero attached hydrogens (tertiary/aromatic N) is 1. The number of halogens is 3. The number of pyridine rings is 1. The van der Waals surface area contributed by atoms with Crippen LogP contribution in [0, 0.1) is 11.8 Å². The summed E-state index contributed by atoms with van der Waals surface area (Å²) >= 11 is 3.10. The predicted molar refractivity (Wildman–Crippen MR) is 66.2 cm³/mol. The third-order valence-corrected chi connectivity index (χ3v) is 2.82. The Labute approximate surface area is 110 Å². The quantitative estimate of drug-likeness (QED) is 0.864. The number of nitrogens with one attached hydrogen (secondary N) is 1. The third kappa shape index (κ3) is 2.89. The number of aromatic nitrogens is 1. The molecule has 92 valence electrons. The van der Waals surface area contributed by atoms with Crippen LogP contribution in [0.25, 0.3) is 0 Å². The van der Waals surface area contributed by atoms with Crippen LogP contribution in [-0.2, 0) is 0 Å². The van der Waals surface area contributed by atoms with E-state index < -0.39 is 17.7 Å². The third-order valence-electron chi connectivity index (χ3n) is 2.16. The topological polar surface area (TPSA) is 42.0 Å². The standard InChI is InChI=1S/C12H7BrF2N2O/c13-10-5-7(14)1-3-9(10)12(18)17-8-2-4-11(15)16-6-8/h1-6H,(H,17,18). The SMILES string of the molecule is O=C(Nc1ccc(F)nc1)c1ccc(F)cc1Br. The number of rotatable bonds is 2. The molecule has 0 saturated carbocycles. The Hall–Kier alpha value is -1.82. The minimum absolute atomic E-state index is 0.278. The molecule has 2 aromatic rings. The number of benzene rings is 1. The molecule has 0 aliphatic heterocycles. The van der Waals surface area contributed by atoms with Crippen LogP contribution in [0.1, 0.15) is 10.4 Å². The van der Waals surface area contributed by atoms with Crippen LogP contribution in [0.2, 0.25) is 0 Å². The Morgan fingerprint density at radius 3 is 2.61 bits per heavy atom. The van der Waals surface area contributed by atoms with Gasteiger partial charge in [0, 0.05) is 4.47 Å². The van der Waals surface area contributed by atoms with Gasteiger partial charge in [0.15, 0.2) is 0 Å². The van der Waals surface area contributed by atoms with Crippen molar-refractivity contribution in [3.05, 3.63) is 58.3 Å². The summed E-state index contributed by atoms with van der Waals surface area (Å²) in [6, 6.07) is 6.25. The van der Waals surface area contributed by atoms with Crippen LogP contribution >= 0.6 is 15.9 Å². The summed E-state index contributed by atoms with van der Waals surface area (Å²) < 4.78 is 25.8. The zero-order valence-electron chi connectivity index (χ0n) is 8.95. The number of amides is 1. The molecule has 0 spiro atoms. The molecule has 0 fully saturated rings. The molecule has 1 amide bonds. The van der Waals surface area contributed by atoms with Gasteiger partial charge in [-0.3, -0.25) is 4.79 Å². The van der Waals surface area contributed by atoms with Gasteiger partial charge < -0.3 is 5.32 Å². The highest BCUT2D eigenvalue weighted by molar-refractivity contribution is 9.10. The van der Waals surface area contributed by atoms with E-state index in [1.54, 1.807) is 0 Å². The summed E-state index contributed by atoms with van der Waals surface area (Å²) in [5.41, 5.74) is 0.637. The molecule has 0 radical (unpaired) electrons. The number of anilines is 1. The van der Waals surface area contributed by atoms with E-state index in [0.717, 1.165) is 6.07 Å². The lowest BCUT2D eigenvalue weighted by molar-refractivity contribution is 0.102. The molecule has 1 heterocycles. The molecule has 1 aromatic heterocycles. The van der Waals surface area contributed by atoms with Gasteiger partial charge in [-0.15, -0.1) is 0 Å². The van der Waals surface area contributed by atoms with Gasteiger partial charge in [0.2, 0.25) is 5.95 Å². The summed E-state index contributed by atoms with van der Waals surface area (Å²) in [4.78, 5) is 15.3. The molecule has 0 unspecified atom stereocenters. The highest BCUT2D eigenvalue weighted by Gasteiger charge is 2.11. The van der Waals surface area contributed by atoms with Gasteiger partial charge in [0.05, 0.1) is 17.4 Å². The molecule has 0 aliphatic rings. The average Bonchev–Trinajstić information content (AvgIpc) is 2.32. The van der Waals surface area contributed by atoms with E-state index in [2.05, 4.69) is 26.2 Å². The molecule has 0 aliphatic carbocycles. The van der Waals surface area contributed by atoms with E-state index >= 15 is 0 Å². The van der Waals surface area contributed by atoms with E-state index in [-0.39, 0.29) is 5.56 Å². The summed E-state index contributed by atoms with van der Waals surface area (Å²) in [6.07, 6.45) is 1.20. The molecule has 1 aromatic carbocycles. The van der Waals surface area contributed by atoms with Gasteiger partial charge >= 0.3 is 0 Å². The molecule has 6 heteroatoms. The smallest absolute Gasteiger partial charge is 0.256 e. The lowest BCUT2D eigenvalue weighted by Gasteiger charge is -2.06. The maximum absolute atomic E-state index is 12.9. The summed E-state index contributed by atoms with van der Waals surface area (Å²) in [5, 5.41) is 2.53. The lowest BCUT2D eigenvalue weighted by atomic mass is 10.2. The predicted octanol–water partition coefficient (Wildman–Crippen LogP) is 3.37. The van der Waals surface area contributed by atoms with Crippen LogP contribution in [0.5, 0.6) is 0 Å². The lowest BCUT2D eigenvalue weighted by Crippen LogP contribution is -2.12. The number of hydrogen-bond acceptors (Lipinski definition) is 2. The molecule has 2 rings (SSSR count). The van der Waals surface area contributed by atoms with Gasteiger partial charge in [-0.25, -0.2) is 9.37 Å². The van der Waals surface area contributed by atoms with Gasteiger partial charge in [0.25, 0.3) is 5.91 Å². The second kappa shape index (κ2) is 5.22. The van der Waals surface area contributed by atoms with E-state index in [9.17, 15) is 13.6 Å². The van der Waals surface area contributed by atoms with Crippen molar-refractivity contribution in [2.75, 3.05) is 5.32 Å². The molecule has 1 N–H and O–H groups in total. The van der Waals surface area contributed by atoms with Crippen LogP contribution in [0.3, 0.4) is 0 Å².